The summed E-state index contributed by atoms with van der Waals surface area (Å²) in [6, 6.07) is 5.72. The van der Waals surface area contributed by atoms with Crippen LogP contribution in [0.25, 0.3) is 0 Å². The van der Waals surface area contributed by atoms with Gasteiger partial charge in [-0.3, -0.25) is 0 Å². The van der Waals surface area contributed by atoms with Gasteiger partial charge in [0.15, 0.2) is 0 Å². The molecule has 3 nitrogen and oxygen atoms in total. The van der Waals surface area contributed by atoms with Gasteiger partial charge in [0.1, 0.15) is 16.9 Å². The van der Waals surface area contributed by atoms with Gasteiger partial charge in [-0.15, -0.1) is 11.3 Å². The summed E-state index contributed by atoms with van der Waals surface area (Å²) >= 11 is 4.93. The second-order valence-electron chi connectivity index (χ2n) is 3.55. The van der Waals surface area contributed by atoms with Gasteiger partial charge in [0, 0.05) is 22.5 Å². The van der Waals surface area contributed by atoms with Crippen LogP contribution in [0.15, 0.2) is 34.2 Å². The number of rotatable bonds is 4. The number of benzene rings is 1. The second kappa shape index (κ2) is 5.62. The van der Waals surface area contributed by atoms with E-state index in [0.717, 1.165) is 20.8 Å². The fourth-order valence-corrected chi connectivity index (χ4v) is 2.56. The van der Waals surface area contributed by atoms with Gasteiger partial charge in [-0.2, -0.15) is 0 Å². The van der Waals surface area contributed by atoms with Crippen LogP contribution in [0.3, 0.4) is 0 Å². The first-order valence-corrected chi connectivity index (χ1v) is 6.78. The van der Waals surface area contributed by atoms with E-state index in [1.165, 1.54) is 11.3 Å². The zero-order chi connectivity index (χ0) is 12.3. The summed E-state index contributed by atoms with van der Waals surface area (Å²) in [5, 5.41) is 12.6. The maximum atomic E-state index is 10.0. The summed E-state index contributed by atoms with van der Waals surface area (Å²) in [6.07, 6.45) is 1.65. The molecule has 0 saturated carbocycles. The van der Waals surface area contributed by atoms with Gasteiger partial charge in [0.25, 0.3) is 0 Å². The van der Waals surface area contributed by atoms with E-state index in [-0.39, 0.29) is 0 Å². The first-order chi connectivity index (χ1) is 8.20. The van der Waals surface area contributed by atoms with Crippen molar-refractivity contribution in [2.45, 2.75) is 12.5 Å². The van der Waals surface area contributed by atoms with E-state index in [4.69, 9.17) is 4.74 Å². The minimum absolute atomic E-state index is 0.519. The second-order valence-corrected chi connectivity index (χ2v) is 5.33. The van der Waals surface area contributed by atoms with Gasteiger partial charge < -0.3 is 9.84 Å². The molecule has 0 aliphatic carbocycles. The average molecular weight is 314 g/mol. The van der Waals surface area contributed by atoms with Crippen molar-refractivity contribution in [3.8, 4) is 5.75 Å². The molecule has 90 valence electrons. The molecular formula is C12H12BrNO2S. The van der Waals surface area contributed by atoms with Crippen LogP contribution in [0.2, 0.25) is 0 Å². The summed E-state index contributed by atoms with van der Waals surface area (Å²) in [4.78, 5) is 4.11. The van der Waals surface area contributed by atoms with Crippen LogP contribution in [-0.4, -0.2) is 17.2 Å². The SMILES string of the molecule is COc1ccc(Br)c(CC(O)c2nccs2)c1. The van der Waals surface area contributed by atoms with Gasteiger partial charge in [0.2, 0.25) is 0 Å². The normalized spacial score (nSPS) is 12.4. The molecule has 0 bridgehead atoms. The highest BCUT2D eigenvalue weighted by atomic mass is 79.9. The molecule has 1 atom stereocenters. The highest BCUT2D eigenvalue weighted by Crippen LogP contribution is 2.27. The summed E-state index contributed by atoms with van der Waals surface area (Å²) in [5.41, 5.74) is 1.01. The van der Waals surface area contributed by atoms with Crippen molar-refractivity contribution in [3.05, 3.63) is 44.8 Å². The van der Waals surface area contributed by atoms with Gasteiger partial charge in [0.05, 0.1) is 7.11 Å². The topological polar surface area (TPSA) is 42.4 Å². The molecule has 2 rings (SSSR count). The van der Waals surface area contributed by atoms with E-state index in [2.05, 4.69) is 20.9 Å². The lowest BCUT2D eigenvalue weighted by Gasteiger charge is -2.10. The molecule has 0 saturated heterocycles. The van der Waals surface area contributed by atoms with Gasteiger partial charge in [-0.05, 0) is 23.8 Å². The predicted octanol–water partition coefficient (Wildman–Crippen LogP) is 3.19. The van der Waals surface area contributed by atoms with E-state index < -0.39 is 6.10 Å². The van der Waals surface area contributed by atoms with Gasteiger partial charge in [-0.1, -0.05) is 15.9 Å². The Balaban J connectivity index is 2.18. The Bertz CT molecular complexity index is 487. The minimum atomic E-state index is -0.571. The third kappa shape index (κ3) is 3.06. The lowest BCUT2D eigenvalue weighted by molar-refractivity contribution is 0.177. The van der Waals surface area contributed by atoms with Crippen molar-refractivity contribution < 1.29 is 9.84 Å². The fraction of sp³-hybridized carbons (Fsp3) is 0.250. The average Bonchev–Trinajstić information content (AvgIpc) is 2.85. The molecule has 0 aliphatic heterocycles. The standard InChI is InChI=1S/C12H12BrNO2S/c1-16-9-2-3-10(13)8(6-9)7-11(15)12-14-4-5-17-12/h2-6,11,15H,7H2,1H3. The van der Waals surface area contributed by atoms with E-state index in [1.54, 1.807) is 13.3 Å². The number of aromatic nitrogens is 1. The predicted molar refractivity (Wildman–Crippen MR) is 71.5 cm³/mol. The summed E-state index contributed by atoms with van der Waals surface area (Å²) in [5.74, 6) is 0.787. The third-order valence-corrected chi connectivity index (χ3v) is 4.05. The molecule has 1 heterocycles. The van der Waals surface area contributed by atoms with Crippen LogP contribution in [0.5, 0.6) is 5.75 Å². The molecule has 5 heteroatoms. The number of aliphatic hydroxyl groups is 1. The zero-order valence-corrected chi connectivity index (χ0v) is 11.7. The Hall–Kier alpha value is -0.910. The molecule has 1 aromatic carbocycles. The molecule has 1 unspecified atom stereocenters. The molecule has 17 heavy (non-hydrogen) atoms. The molecule has 2 aromatic rings. The van der Waals surface area contributed by atoms with Crippen LogP contribution in [-0.2, 0) is 6.42 Å². The lowest BCUT2D eigenvalue weighted by Crippen LogP contribution is -2.02. The summed E-state index contributed by atoms with van der Waals surface area (Å²) in [6.45, 7) is 0. The van der Waals surface area contributed by atoms with Crippen molar-refractivity contribution in [1.29, 1.82) is 0 Å². The Morgan fingerprint density at radius 3 is 3.00 bits per heavy atom. The van der Waals surface area contributed by atoms with Crippen LogP contribution in [0.4, 0.5) is 0 Å². The molecule has 0 aliphatic rings. The number of thiazole rings is 1. The Kier molecular flexibility index (Phi) is 4.15. The highest BCUT2D eigenvalue weighted by Gasteiger charge is 2.13. The monoisotopic (exact) mass is 313 g/mol. The van der Waals surface area contributed by atoms with Crippen LogP contribution in [0.1, 0.15) is 16.7 Å². The number of hydrogen-bond acceptors (Lipinski definition) is 4. The zero-order valence-electron chi connectivity index (χ0n) is 9.26. The van der Waals surface area contributed by atoms with E-state index >= 15 is 0 Å². The maximum absolute atomic E-state index is 10.0. The molecule has 0 amide bonds. The number of nitrogens with zero attached hydrogens (tertiary/aromatic N) is 1. The maximum Gasteiger partial charge on any atom is 0.121 e. The van der Waals surface area contributed by atoms with Crippen molar-refractivity contribution in [3.63, 3.8) is 0 Å². The van der Waals surface area contributed by atoms with Crippen molar-refractivity contribution >= 4 is 27.3 Å². The Morgan fingerprint density at radius 2 is 2.35 bits per heavy atom. The largest absolute Gasteiger partial charge is 0.497 e. The van der Waals surface area contributed by atoms with Crippen LogP contribution < -0.4 is 4.74 Å². The highest BCUT2D eigenvalue weighted by molar-refractivity contribution is 9.10. The minimum Gasteiger partial charge on any atom is -0.497 e. The van der Waals surface area contributed by atoms with E-state index in [0.29, 0.717) is 6.42 Å². The lowest BCUT2D eigenvalue weighted by atomic mass is 10.1. The molecule has 0 radical (unpaired) electrons. The molecule has 1 aromatic heterocycles. The summed E-state index contributed by atoms with van der Waals surface area (Å²) < 4.78 is 6.13. The van der Waals surface area contributed by atoms with E-state index in [9.17, 15) is 5.11 Å². The van der Waals surface area contributed by atoms with Crippen molar-refractivity contribution in [2.75, 3.05) is 7.11 Å². The molecule has 0 spiro atoms. The number of hydrogen-bond donors (Lipinski definition) is 1. The number of halogens is 1. The molecular weight excluding hydrogens is 302 g/mol. The number of ether oxygens (including phenoxy) is 1. The van der Waals surface area contributed by atoms with Crippen LogP contribution in [0, 0.1) is 0 Å². The van der Waals surface area contributed by atoms with Gasteiger partial charge in [-0.25, -0.2) is 4.98 Å². The smallest absolute Gasteiger partial charge is 0.121 e. The van der Waals surface area contributed by atoms with Crippen LogP contribution >= 0.6 is 27.3 Å². The molecule has 1 N–H and O–H groups in total. The van der Waals surface area contributed by atoms with Gasteiger partial charge >= 0.3 is 0 Å². The van der Waals surface area contributed by atoms with E-state index in [1.807, 2.05) is 23.6 Å². The van der Waals surface area contributed by atoms with Crippen molar-refractivity contribution in [2.24, 2.45) is 0 Å². The fourth-order valence-electron chi connectivity index (χ4n) is 1.53. The quantitative estimate of drug-likeness (QED) is 0.942. The third-order valence-electron chi connectivity index (χ3n) is 2.40. The Morgan fingerprint density at radius 1 is 1.53 bits per heavy atom. The Labute approximate surface area is 112 Å². The molecule has 0 fully saturated rings. The first kappa shape index (κ1) is 12.5. The number of aliphatic hydroxyl groups excluding tert-OH is 1. The number of methoxy groups -OCH3 is 1. The van der Waals surface area contributed by atoms with Crippen molar-refractivity contribution in [1.82, 2.24) is 4.98 Å². The first-order valence-electron chi connectivity index (χ1n) is 5.10. The summed E-state index contributed by atoms with van der Waals surface area (Å²) in [7, 11) is 1.63.